The summed E-state index contributed by atoms with van der Waals surface area (Å²) in [4.78, 5) is 1.41. The molecule has 0 aliphatic heterocycles. The van der Waals surface area contributed by atoms with Gasteiger partial charge in [-0.25, -0.2) is 0 Å². The van der Waals surface area contributed by atoms with E-state index < -0.39 is 0 Å². The molecule has 0 aliphatic rings. The first-order chi connectivity index (χ1) is 10.8. The lowest BCUT2D eigenvalue weighted by Gasteiger charge is -2.07. The number of thiophene rings is 1. The maximum Gasteiger partial charge on any atom is 0.118 e. The number of hydrogen-bond acceptors (Lipinski definition) is 2. The molecule has 0 spiro atoms. The number of methoxy groups -OCH3 is 1. The second kappa shape index (κ2) is 6.80. The second-order valence-electron chi connectivity index (χ2n) is 5.33. The molecule has 1 heterocycles. The molecule has 0 unspecified atom stereocenters. The molecule has 1 aromatic heterocycles. The van der Waals surface area contributed by atoms with Crippen LogP contribution in [0.2, 0.25) is 0 Å². The number of rotatable bonds is 5. The summed E-state index contributed by atoms with van der Waals surface area (Å²) in [6.45, 7) is 2.19. The fraction of sp³-hybridized carbons (Fsp3) is 0.200. The van der Waals surface area contributed by atoms with E-state index >= 15 is 0 Å². The van der Waals surface area contributed by atoms with Crippen LogP contribution in [-0.4, -0.2) is 7.11 Å². The van der Waals surface area contributed by atoms with Crippen molar-refractivity contribution in [3.05, 3.63) is 76.0 Å². The molecule has 112 valence electrons. The van der Waals surface area contributed by atoms with Crippen LogP contribution >= 0.6 is 11.3 Å². The van der Waals surface area contributed by atoms with Crippen molar-refractivity contribution >= 4 is 11.3 Å². The molecule has 0 saturated heterocycles. The lowest BCUT2D eigenvalue weighted by atomic mass is 10.0. The van der Waals surface area contributed by atoms with Gasteiger partial charge in [-0.05, 0) is 52.3 Å². The maximum atomic E-state index is 5.22. The van der Waals surface area contributed by atoms with Crippen molar-refractivity contribution in [3.63, 3.8) is 0 Å². The van der Waals surface area contributed by atoms with E-state index in [4.69, 9.17) is 4.74 Å². The van der Waals surface area contributed by atoms with Gasteiger partial charge in [0.25, 0.3) is 0 Å². The van der Waals surface area contributed by atoms with Gasteiger partial charge in [-0.3, -0.25) is 0 Å². The van der Waals surface area contributed by atoms with Crippen molar-refractivity contribution in [2.24, 2.45) is 0 Å². The Kier molecular flexibility index (Phi) is 4.59. The van der Waals surface area contributed by atoms with Crippen LogP contribution in [0.25, 0.3) is 11.1 Å². The Hall–Kier alpha value is -2.06. The Bertz CT molecular complexity index is 723. The summed E-state index contributed by atoms with van der Waals surface area (Å²) in [5.74, 6) is 0.908. The van der Waals surface area contributed by atoms with E-state index in [1.54, 1.807) is 7.11 Å². The molecule has 0 aliphatic carbocycles. The van der Waals surface area contributed by atoms with Crippen LogP contribution in [0.5, 0.6) is 5.75 Å². The highest BCUT2D eigenvalue weighted by Gasteiger charge is 2.08. The Morgan fingerprint density at radius 3 is 2.18 bits per heavy atom. The van der Waals surface area contributed by atoms with Gasteiger partial charge in [0.05, 0.1) is 7.11 Å². The Morgan fingerprint density at radius 1 is 0.864 bits per heavy atom. The summed E-state index contributed by atoms with van der Waals surface area (Å²) in [7, 11) is 1.70. The predicted octanol–water partition coefficient (Wildman–Crippen LogP) is 5.58. The monoisotopic (exact) mass is 308 g/mol. The molecule has 1 nitrogen and oxygen atoms in total. The third kappa shape index (κ3) is 3.23. The second-order valence-corrected chi connectivity index (χ2v) is 6.33. The summed E-state index contributed by atoms with van der Waals surface area (Å²) in [5, 5.41) is 2.18. The maximum absolute atomic E-state index is 5.22. The molecular weight excluding hydrogens is 288 g/mol. The van der Waals surface area contributed by atoms with E-state index in [2.05, 4.69) is 54.8 Å². The van der Waals surface area contributed by atoms with E-state index in [9.17, 15) is 0 Å². The Morgan fingerprint density at radius 2 is 1.55 bits per heavy atom. The first-order valence-electron chi connectivity index (χ1n) is 7.58. The quantitative estimate of drug-likeness (QED) is 0.598. The summed E-state index contributed by atoms with van der Waals surface area (Å²) >= 11 is 1.83. The van der Waals surface area contributed by atoms with E-state index in [-0.39, 0.29) is 0 Å². The zero-order valence-electron chi connectivity index (χ0n) is 13.0. The Balaban J connectivity index is 1.84. The average Bonchev–Trinajstić information content (AvgIpc) is 3.04. The summed E-state index contributed by atoms with van der Waals surface area (Å²) < 4.78 is 5.22. The minimum atomic E-state index is 0.908. The van der Waals surface area contributed by atoms with E-state index in [0.29, 0.717) is 0 Å². The molecule has 0 amide bonds. The minimum Gasteiger partial charge on any atom is -0.497 e. The number of aryl methyl sites for hydroxylation is 1. The molecule has 2 aromatic carbocycles. The van der Waals surface area contributed by atoms with Gasteiger partial charge in [-0.1, -0.05) is 43.3 Å². The summed E-state index contributed by atoms with van der Waals surface area (Å²) in [6, 6.07) is 19.5. The van der Waals surface area contributed by atoms with Crippen LogP contribution in [-0.2, 0) is 12.8 Å². The van der Waals surface area contributed by atoms with E-state index in [1.807, 2.05) is 23.5 Å². The number of hydrogen-bond donors (Lipinski definition) is 0. The molecular formula is C20H20OS. The van der Waals surface area contributed by atoms with Gasteiger partial charge in [0.2, 0.25) is 0 Å². The van der Waals surface area contributed by atoms with Gasteiger partial charge in [0.1, 0.15) is 5.75 Å². The largest absolute Gasteiger partial charge is 0.497 e. The van der Waals surface area contributed by atoms with Crippen LogP contribution in [0.4, 0.5) is 0 Å². The number of benzene rings is 2. The van der Waals surface area contributed by atoms with Crippen LogP contribution < -0.4 is 4.74 Å². The summed E-state index contributed by atoms with van der Waals surface area (Å²) in [5.41, 5.74) is 5.36. The molecule has 0 bridgehead atoms. The van der Waals surface area contributed by atoms with Gasteiger partial charge in [-0.2, -0.15) is 0 Å². The smallest absolute Gasteiger partial charge is 0.118 e. The van der Waals surface area contributed by atoms with Crippen LogP contribution in [0.3, 0.4) is 0 Å². The zero-order valence-corrected chi connectivity index (χ0v) is 13.8. The van der Waals surface area contributed by atoms with Gasteiger partial charge in [-0.15, -0.1) is 11.3 Å². The normalized spacial score (nSPS) is 10.6. The van der Waals surface area contributed by atoms with Gasteiger partial charge in [0, 0.05) is 11.3 Å². The Labute approximate surface area is 136 Å². The third-order valence-electron chi connectivity index (χ3n) is 3.94. The fourth-order valence-electron chi connectivity index (χ4n) is 2.58. The van der Waals surface area contributed by atoms with Crippen molar-refractivity contribution in [2.45, 2.75) is 19.8 Å². The highest BCUT2D eigenvalue weighted by Crippen LogP contribution is 2.30. The lowest BCUT2D eigenvalue weighted by Crippen LogP contribution is -1.89. The van der Waals surface area contributed by atoms with Crippen LogP contribution in [0, 0.1) is 0 Å². The zero-order chi connectivity index (χ0) is 15.4. The minimum absolute atomic E-state index is 0.908. The molecule has 0 radical (unpaired) electrons. The van der Waals surface area contributed by atoms with E-state index in [1.165, 1.54) is 27.1 Å². The van der Waals surface area contributed by atoms with Crippen molar-refractivity contribution in [3.8, 4) is 16.9 Å². The molecule has 3 rings (SSSR count). The van der Waals surface area contributed by atoms with Crippen molar-refractivity contribution < 1.29 is 4.74 Å². The van der Waals surface area contributed by atoms with Crippen LogP contribution in [0.1, 0.15) is 22.9 Å². The molecule has 3 aromatic rings. The predicted molar refractivity (Wildman–Crippen MR) is 94.9 cm³/mol. The lowest BCUT2D eigenvalue weighted by molar-refractivity contribution is 0.414. The third-order valence-corrected chi connectivity index (χ3v) is 4.86. The standard InChI is InChI=1S/C20H20OS/c1-3-15-4-8-17(9-5-15)19-12-13-22-20(19)14-16-6-10-18(21-2)11-7-16/h4-13H,3,14H2,1-2H3. The van der Waals surface area contributed by atoms with Crippen molar-refractivity contribution in [1.82, 2.24) is 0 Å². The highest BCUT2D eigenvalue weighted by atomic mass is 32.1. The number of ether oxygens (including phenoxy) is 1. The molecule has 22 heavy (non-hydrogen) atoms. The highest BCUT2D eigenvalue weighted by molar-refractivity contribution is 7.10. The molecule has 0 atom stereocenters. The molecule has 0 fully saturated rings. The molecule has 2 heteroatoms. The van der Waals surface area contributed by atoms with Gasteiger partial charge in [0.15, 0.2) is 0 Å². The van der Waals surface area contributed by atoms with Crippen molar-refractivity contribution in [1.29, 1.82) is 0 Å². The average molecular weight is 308 g/mol. The first kappa shape index (κ1) is 14.9. The van der Waals surface area contributed by atoms with Crippen molar-refractivity contribution in [2.75, 3.05) is 7.11 Å². The topological polar surface area (TPSA) is 9.23 Å². The fourth-order valence-corrected chi connectivity index (χ4v) is 3.51. The van der Waals surface area contributed by atoms with Crippen LogP contribution in [0.15, 0.2) is 60.0 Å². The van der Waals surface area contributed by atoms with Gasteiger partial charge < -0.3 is 4.74 Å². The molecule has 0 N–H and O–H groups in total. The summed E-state index contributed by atoms with van der Waals surface area (Å²) in [6.07, 6.45) is 2.05. The van der Waals surface area contributed by atoms with E-state index in [0.717, 1.165) is 18.6 Å². The van der Waals surface area contributed by atoms with Gasteiger partial charge >= 0.3 is 0 Å². The molecule has 0 saturated carbocycles. The first-order valence-corrected chi connectivity index (χ1v) is 8.46. The SMILES string of the molecule is CCc1ccc(-c2ccsc2Cc2ccc(OC)cc2)cc1.